The molecule has 0 aromatic rings. The van der Waals surface area contributed by atoms with Crippen LogP contribution in [0.3, 0.4) is 0 Å². The summed E-state index contributed by atoms with van der Waals surface area (Å²) in [7, 11) is 4.61. The van der Waals surface area contributed by atoms with Crippen LogP contribution in [-0.4, -0.2) is 0 Å². The van der Waals surface area contributed by atoms with Crippen LogP contribution in [-0.2, 0) is 18.8 Å². The number of hydrogen-bond acceptors (Lipinski definition) is 1. The molecule has 0 spiro atoms. The second-order valence-corrected chi connectivity index (χ2v) is 0. The van der Waals surface area contributed by atoms with E-state index in [2.05, 4.69) is 9.42 Å². The number of halogens is 1. The summed E-state index contributed by atoms with van der Waals surface area (Å²) in [5.74, 6) is 0. The van der Waals surface area contributed by atoms with E-state index < -0.39 is 0 Å². The summed E-state index contributed by atoms with van der Waals surface area (Å²) >= 11 is 1.61. The van der Waals surface area contributed by atoms with Crippen molar-refractivity contribution in [2.75, 3.05) is 0 Å². The second kappa shape index (κ2) is 96.3. The first-order valence-corrected chi connectivity index (χ1v) is 3.16. The van der Waals surface area contributed by atoms with Gasteiger partial charge in [0.15, 0.2) is 0 Å². The maximum absolute atomic E-state index is 6.25. The van der Waals surface area contributed by atoms with E-state index >= 15 is 0 Å². The molecule has 0 aromatic carbocycles. The third kappa shape index (κ3) is 24.3. The van der Waals surface area contributed by atoms with Gasteiger partial charge < -0.3 is 11.8 Å². The van der Waals surface area contributed by atoms with Crippen molar-refractivity contribution in [3.05, 3.63) is 6.57 Å². The van der Waals surface area contributed by atoms with E-state index in [0.717, 1.165) is 0 Å². The van der Waals surface area contributed by atoms with Crippen LogP contribution in [0.1, 0.15) is 0 Å². The summed E-state index contributed by atoms with van der Waals surface area (Å²) in [5, 5.41) is 6.25. The molecule has 0 aliphatic heterocycles. The van der Waals surface area contributed by atoms with Crippen molar-refractivity contribution in [1.82, 2.24) is 0 Å². The number of nitrogens with zero attached hydrogens (tertiary/aromatic N) is 1. The molecule has 0 rings (SSSR count). The summed E-state index contributed by atoms with van der Waals surface area (Å²) < 4.78 is 0. The van der Waals surface area contributed by atoms with Crippen LogP contribution in [0, 0.1) is 11.8 Å². The van der Waals surface area contributed by atoms with Crippen molar-refractivity contribution in [2.45, 2.75) is 0 Å². The molecule has 0 bridgehead atoms. The van der Waals surface area contributed by atoms with Gasteiger partial charge in [-0.15, -0.1) is 0 Å². The Kier molecular flexibility index (Phi) is 213. The van der Waals surface area contributed by atoms with Crippen molar-refractivity contribution in [3.63, 3.8) is 0 Å². The Balaban J connectivity index is 0. The van der Waals surface area contributed by atoms with Gasteiger partial charge in [-0.3, -0.25) is 0 Å². The zero-order valence-corrected chi connectivity index (χ0v) is 4.67. The molecule has 0 saturated heterocycles. The first-order chi connectivity index (χ1) is 2.00. The maximum atomic E-state index is 6.25. The van der Waals surface area contributed by atoms with Gasteiger partial charge in [0.2, 0.25) is 0 Å². The van der Waals surface area contributed by atoms with Gasteiger partial charge in [0.25, 0.3) is 0 Å². The second-order valence-electron chi connectivity index (χ2n) is 0. The first kappa shape index (κ1) is 8.82. The van der Waals surface area contributed by atoms with Gasteiger partial charge in [0.05, 0.1) is 0 Å². The monoisotopic (exact) mass is 256 g/mol. The van der Waals surface area contributed by atoms with E-state index in [9.17, 15) is 0 Å². The molecule has 0 aliphatic carbocycles. The molecule has 3 heteroatoms. The predicted molar refractivity (Wildman–Crippen MR) is 10.8 cm³/mol. The van der Waals surface area contributed by atoms with Gasteiger partial charge in [-0.25, -0.2) is 0 Å². The van der Waals surface area contributed by atoms with Crippen molar-refractivity contribution in [1.29, 1.82) is 5.26 Å². The Morgan fingerprint density at radius 3 is 1.50 bits per heavy atom. The Labute approximate surface area is 40.4 Å². The minimum absolute atomic E-state index is 1.61. The molecule has 0 aliphatic rings. The molecule has 0 fully saturated rings. The van der Waals surface area contributed by atoms with E-state index in [1.165, 1.54) is 0 Å². The van der Waals surface area contributed by atoms with Crippen LogP contribution in [0.5, 0.6) is 0 Å². The van der Waals surface area contributed by atoms with Crippen LogP contribution in [0.15, 0.2) is 0 Å². The van der Waals surface area contributed by atoms with Gasteiger partial charge in [0.1, 0.15) is 0 Å². The molecule has 1 nitrogen and oxygen atoms in total. The molecule has 4 heavy (non-hydrogen) atoms. The summed E-state index contributed by atoms with van der Waals surface area (Å²) in [5.41, 5.74) is 0. The fraction of sp³-hybridized carbons (Fsp3) is 0. The first-order valence-electron chi connectivity index (χ1n) is 0.343. The minimum atomic E-state index is 1.61. The molecular formula is CClNPt. The van der Waals surface area contributed by atoms with Crippen molar-refractivity contribution in [2.24, 2.45) is 0 Å². The molecule has 0 radical (unpaired) electrons. The SMILES string of the molecule is [C-]#N.[Cl][Pt+]. The molecule has 0 saturated carbocycles. The van der Waals surface area contributed by atoms with Crippen LogP contribution >= 0.6 is 9.42 Å². The molecule has 0 unspecified atom stereocenters. The Morgan fingerprint density at radius 1 is 1.50 bits per heavy atom. The third-order valence-electron chi connectivity index (χ3n) is 0. The molecule has 0 amide bonds. The van der Waals surface area contributed by atoms with Crippen molar-refractivity contribution >= 4 is 9.42 Å². The van der Waals surface area contributed by atoms with Crippen LogP contribution < -0.4 is 0 Å². The van der Waals surface area contributed by atoms with Crippen molar-refractivity contribution < 1.29 is 18.8 Å². The van der Waals surface area contributed by atoms with Gasteiger partial charge in [-0.2, -0.15) is 0 Å². The van der Waals surface area contributed by atoms with E-state index in [4.69, 9.17) is 11.8 Å². The molecule has 0 heterocycles. The third-order valence-corrected chi connectivity index (χ3v) is 0. The Morgan fingerprint density at radius 2 is 1.50 bits per heavy atom. The standard InChI is InChI=1S/CN.ClH.Pt/c1-2;;/h;1H;/q-1;;+2/p-1. The van der Waals surface area contributed by atoms with Gasteiger partial charge >= 0.3 is 28.2 Å². The normalized spacial score (nSPS) is 2.25. The molecule has 0 N–H and O–H groups in total. The topological polar surface area (TPSA) is 23.8 Å². The summed E-state index contributed by atoms with van der Waals surface area (Å²) in [6.45, 7) is 4.75. The van der Waals surface area contributed by atoms with E-state index in [-0.39, 0.29) is 0 Å². The molecule has 0 aromatic heterocycles. The van der Waals surface area contributed by atoms with Crippen LogP contribution in [0.4, 0.5) is 0 Å². The quantitative estimate of drug-likeness (QED) is 0.588. The van der Waals surface area contributed by atoms with Gasteiger partial charge in [-0.1, -0.05) is 0 Å². The molecular weight excluding hydrogens is 257 g/mol. The average Bonchev–Trinajstić information content (AvgIpc) is 1.50. The summed E-state index contributed by atoms with van der Waals surface area (Å²) in [6, 6.07) is 0. The Hall–Kier alpha value is 0.468. The summed E-state index contributed by atoms with van der Waals surface area (Å²) in [4.78, 5) is 0. The van der Waals surface area contributed by atoms with Crippen LogP contribution in [0.2, 0.25) is 0 Å². The van der Waals surface area contributed by atoms with Gasteiger partial charge in [-0.05, 0) is 0 Å². The zero-order chi connectivity index (χ0) is 4.00. The summed E-state index contributed by atoms with van der Waals surface area (Å²) in [6.07, 6.45) is 0. The molecule has 0 atom stereocenters. The van der Waals surface area contributed by atoms with Crippen LogP contribution in [0.25, 0.3) is 0 Å². The van der Waals surface area contributed by atoms with Gasteiger partial charge in [0, 0.05) is 0 Å². The zero-order valence-electron chi connectivity index (χ0n) is 1.64. The number of hydrogen-bond donors (Lipinski definition) is 0. The van der Waals surface area contributed by atoms with E-state index in [1.54, 1.807) is 18.8 Å². The fourth-order valence-electron chi connectivity index (χ4n) is 0. The van der Waals surface area contributed by atoms with Crippen molar-refractivity contribution in [3.8, 4) is 0 Å². The Bertz CT molecular complexity index is 12.8. The fourth-order valence-corrected chi connectivity index (χ4v) is 0. The van der Waals surface area contributed by atoms with E-state index in [1.807, 2.05) is 0 Å². The van der Waals surface area contributed by atoms with E-state index in [0.29, 0.717) is 0 Å². The predicted octanol–water partition coefficient (Wildman–Crippen LogP) is 0.783. The number of rotatable bonds is 0. The average molecular weight is 257 g/mol. The molecule has 26 valence electrons.